The van der Waals surface area contributed by atoms with Gasteiger partial charge in [0.25, 0.3) is 0 Å². The van der Waals surface area contributed by atoms with Gasteiger partial charge in [-0.05, 0) is 77.0 Å². The molecule has 64 heavy (non-hydrogen) atoms. The Hall–Kier alpha value is -2.20. The van der Waals surface area contributed by atoms with Crippen LogP contribution in [-0.4, -0.2) is 97.5 Å². The second-order valence-electron chi connectivity index (χ2n) is 17.0. The normalized spacial score (nSPS) is 20.2. The minimum Gasteiger partial charge on any atom is -0.457 e. The highest BCUT2D eigenvalue weighted by Gasteiger charge is 2.48. The highest BCUT2D eigenvalue weighted by molar-refractivity contribution is 7.80. The fourth-order valence-electron chi connectivity index (χ4n) is 7.36. The molecule has 0 aromatic heterocycles. The van der Waals surface area contributed by atoms with Gasteiger partial charge in [-0.15, -0.1) is 0 Å². The first-order valence-electron chi connectivity index (χ1n) is 25.0. The first kappa shape index (κ1) is 59.8. The number of hydrogen-bond acceptors (Lipinski definition) is 11. The average molecular weight is 927 g/mol. The van der Waals surface area contributed by atoms with E-state index in [1.807, 2.05) is 0 Å². The Morgan fingerprint density at radius 1 is 0.609 bits per heavy atom. The lowest BCUT2D eigenvalue weighted by Crippen LogP contribution is -2.60. The van der Waals surface area contributed by atoms with Crippen molar-refractivity contribution in [2.75, 3.05) is 26.4 Å². The first-order chi connectivity index (χ1) is 31.1. The maximum absolute atomic E-state index is 12.9. The van der Waals surface area contributed by atoms with Crippen molar-refractivity contribution in [3.8, 4) is 0 Å². The smallest absolute Gasteiger partial charge is 0.397 e. The number of ether oxygens (including phenoxy) is 4. The van der Waals surface area contributed by atoms with Gasteiger partial charge in [-0.1, -0.05) is 171 Å². The maximum Gasteiger partial charge on any atom is 0.397 e. The summed E-state index contributed by atoms with van der Waals surface area (Å²) in [5.74, 6) is -0.423. The van der Waals surface area contributed by atoms with Crippen LogP contribution in [0.4, 0.5) is 0 Å². The van der Waals surface area contributed by atoms with E-state index >= 15 is 0 Å². The molecule has 6 unspecified atom stereocenters. The molecule has 1 saturated heterocycles. The van der Waals surface area contributed by atoms with E-state index in [1.54, 1.807) is 0 Å². The number of hydrogen-bond donors (Lipinski definition) is 4. The highest BCUT2D eigenvalue weighted by atomic mass is 32.3. The van der Waals surface area contributed by atoms with E-state index in [4.69, 9.17) is 18.9 Å². The molecule has 0 spiro atoms. The van der Waals surface area contributed by atoms with Gasteiger partial charge in [0.2, 0.25) is 0 Å². The van der Waals surface area contributed by atoms with Crippen molar-refractivity contribution < 1.29 is 56.2 Å². The molecule has 12 nitrogen and oxygen atoms in total. The number of allylic oxidation sites excluding steroid dienone is 10. The second-order valence-corrected chi connectivity index (χ2v) is 18.1. The summed E-state index contributed by atoms with van der Waals surface area (Å²) in [6.45, 7) is 3.85. The predicted octanol–water partition coefficient (Wildman–Crippen LogP) is 11.3. The summed E-state index contributed by atoms with van der Waals surface area (Å²) in [5.41, 5.74) is 0. The summed E-state index contributed by atoms with van der Waals surface area (Å²) in [4.78, 5) is 12.9. The topological polar surface area (TPSA) is 178 Å². The average Bonchev–Trinajstić information content (AvgIpc) is 3.27. The molecule has 1 aliphatic rings. The Balaban J connectivity index is 2.39. The van der Waals surface area contributed by atoms with E-state index in [0.717, 1.165) is 70.6 Å². The number of esters is 1. The van der Waals surface area contributed by atoms with E-state index in [-0.39, 0.29) is 19.6 Å². The molecule has 0 aliphatic carbocycles. The third kappa shape index (κ3) is 35.1. The molecule has 0 bridgehead atoms. The monoisotopic (exact) mass is 927 g/mol. The zero-order valence-corrected chi connectivity index (χ0v) is 40.6. The van der Waals surface area contributed by atoms with E-state index in [9.17, 15) is 33.1 Å². The lowest BCUT2D eigenvalue weighted by Gasteiger charge is -2.41. The first-order valence-corrected chi connectivity index (χ1v) is 26.4. The van der Waals surface area contributed by atoms with Crippen LogP contribution in [0.3, 0.4) is 0 Å². The van der Waals surface area contributed by atoms with Crippen molar-refractivity contribution in [1.29, 1.82) is 0 Å². The molecule has 1 heterocycles. The van der Waals surface area contributed by atoms with Gasteiger partial charge in [-0.25, -0.2) is 4.18 Å². The zero-order chi connectivity index (χ0) is 46.8. The molecular formula is C51H90O12S. The molecule has 0 amide bonds. The summed E-state index contributed by atoms with van der Waals surface area (Å²) < 4.78 is 59.2. The number of unbranched alkanes of at least 4 members (excludes halogenated alkanes) is 20. The van der Waals surface area contributed by atoms with Crippen LogP contribution < -0.4 is 0 Å². The Labute approximate surface area is 388 Å². The van der Waals surface area contributed by atoms with Gasteiger partial charge in [0.15, 0.2) is 6.29 Å². The van der Waals surface area contributed by atoms with Gasteiger partial charge in [0.1, 0.15) is 30.5 Å². The molecule has 13 heteroatoms. The summed E-state index contributed by atoms with van der Waals surface area (Å²) in [5, 5.41) is 30.7. The molecule has 6 atom stereocenters. The molecule has 1 rings (SSSR count). The van der Waals surface area contributed by atoms with Crippen LogP contribution in [0, 0.1) is 0 Å². The third-order valence-corrected chi connectivity index (χ3v) is 11.6. The van der Waals surface area contributed by atoms with Gasteiger partial charge in [-0.2, -0.15) is 8.42 Å². The molecule has 4 N–H and O–H groups in total. The number of rotatable bonds is 43. The zero-order valence-electron chi connectivity index (χ0n) is 39.8. The van der Waals surface area contributed by atoms with Crippen molar-refractivity contribution in [3.05, 3.63) is 60.8 Å². The maximum atomic E-state index is 12.9. The van der Waals surface area contributed by atoms with Crippen LogP contribution in [0.1, 0.15) is 194 Å². The number of aliphatic hydroxyl groups excluding tert-OH is 3. The standard InChI is InChI=1S/C51H90O12S/c1-3-5-7-9-11-13-15-17-19-21-22-23-25-27-29-31-33-35-37-39-41-59-43-45(44-60-51-49(55)50(63-64(56,57)58)48(54)46(42-52)62-51)61-47(53)40-38-36-34-32-30-28-26-24-20-18-16-14-12-10-8-6-4-2/h6,8,12,14,17-20,26,28,45-46,48-52,54-55H,3-5,7,9-11,13,15-16,21-25,27,29-44H2,1-2H3,(H,56,57,58)/b8-6-,14-12-,19-17-,20-18-,28-26-. The van der Waals surface area contributed by atoms with Crippen molar-refractivity contribution in [1.82, 2.24) is 0 Å². The Morgan fingerprint density at radius 3 is 1.59 bits per heavy atom. The number of carbonyl (C=O) groups excluding carboxylic acids is 1. The van der Waals surface area contributed by atoms with Gasteiger partial charge >= 0.3 is 16.4 Å². The molecule has 372 valence electrons. The lowest BCUT2D eigenvalue weighted by atomic mass is 9.99. The van der Waals surface area contributed by atoms with Crippen LogP contribution in [0.25, 0.3) is 0 Å². The highest BCUT2D eigenvalue weighted by Crippen LogP contribution is 2.26. The summed E-state index contributed by atoms with van der Waals surface area (Å²) in [7, 11) is -5.07. The van der Waals surface area contributed by atoms with Crippen LogP contribution in [0.15, 0.2) is 60.8 Å². The van der Waals surface area contributed by atoms with E-state index in [0.29, 0.717) is 13.0 Å². The van der Waals surface area contributed by atoms with Crippen molar-refractivity contribution in [2.45, 2.75) is 230 Å². The van der Waals surface area contributed by atoms with Crippen molar-refractivity contribution >= 4 is 16.4 Å². The fourth-order valence-corrected chi connectivity index (χ4v) is 7.87. The molecule has 1 aliphatic heterocycles. The predicted molar refractivity (Wildman–Crippen MR) is 257 cm³/mol. The lowest BCUT2D eigenvalue weighted by molar-refractivity contribution is -0.301. The van der Waals surface area contributed by atoms with E-state index in [2.05, 4.69) is 78.8 Å². The summed E-state index contributed by atoms with van der Waals surface area (Å²) in [6, 6.07) is 0. The van der Waals surface area contributed by atoms with Crippen LogP contribution >= 0.6 is 0 Å². The van der Waals surface area contributed by atoms with Crippen molar-refractivity contribution in [3.63, 3.8) is 0 Å². The minimum atomic E-state index is -5.07. The van der Waals surface area contributed by atoms with Gasteiger partial charge in [0, 0.05) is 13.0 Å². The van der Waals surface area contributed by atoms with Crippen LogP contribution in [0.2, 0.25) is 0 Å². The van der Waals surface area contributed by atoms with Crippen molar-refractivity contribution in [2.24, 2.45) is 0 Å². The molecule has 0 aromatic carbocycles. The molecular weight excluding hydrogens is 837 g/mol. The fraction of sp³-hybridized carbons (Fsp3) is 0.784. The Kier molecular flexibility index (Phi) is 39.4. The molecule has 0 saturated carbocycles. The number of carbonyl (C=O) groups is 1. The van der Waals surface area contributed by atoms with Gasteiger partial charge < -0.3 is 34.3 Å². The quantitative estimate of drug-likeness (QED) is 0.0197. The third-order valence-electron chi connectivity index (χ3n) is 11.1. The second kappa shape index (κ2) is 42.2. The SMILES string of the molecule is CC/C=C\C/C=C\C/C=C\C/C=C\CCCCCCC(=O)OC(COCCCCCCCCCCCC/C=C\CCCCCCCC)COC1OC(CO)C(O)C(OS(=O)(=O)O)C1O. The number of aliphatic hydroxyl groups is 3. The molecule has 0 aromatic rings. The molecule has 1 fully saturated rings. The minimum absolute atomic E-state index is 0.0232. The van der Waals surface area contributed by atoms with E-state index < -0.39 is 59.8 Å². The molecule has 0 radical (unpaired) electrons. The van der Waals surface area contributed by atoms with E-state index in [1.165, 1.54) is 96.3 Å². The van der Waals surface area contributed by atoms with Gasteiger partial charge in [-0.3, -0.25) is 9.35 Å². The Bertz CT molecular complexity index is 1350. The van der Waals surface area contributed by atoms with Gasteiger partial charge in [0.05, 0.1) is 19.8 Å². The summed E-state index contributed by atoms with van der Waals surface area (Å²) >= 11 is 0. The van der Waals surface area contributed by atoms with Crippen LogP contribution in [0.5, 0.6) is 0 Å². The Morgan fingerprint density at radius 2 is 1.08 bits per heavy atom. The summed E-state index contributed by atoms with van der Waals surface area (Å²) in [6.07, 6.45) is 43.9. The largest absolute Gasteiger partial charge is 0.457 e. The van der Waals surface area contributed by atoms with Crippen LogP contribution in [-0.2, 0) is 38.3 Å².